The van der Waals surface area contributed by atoms with Gasteiger partial charge in [-0.1, -0.05) is 23.4 Å². The molecule has 28 heavy (non-hydrogen) atoms. The summed E-state index contributed by atoms with van der Waals surface area (Å²) in [4.78, 5) is 36.8. The van der Waals surface area contributed by atoms with Crippen LogP contribution in [0.1, 0.15) is 46.6 Å². The van der Waals surface area contributed by atoms with E-state index in [2.05, 4.69) is 9.97 Å². The molecule has 0 radical (unpaired) electrons. The number of Topliss-reactive ketones (excluding diaryl/α,β-unsaturated/α-hetero) is 2. The third-order valence-corrected chi connectivity index (χ3v) is 7.38. The van der Waals surface area contributed by atoms with Crippen molar-refractivity contribution in [3.05, 3.63) is 56.2 Å². The van der Waals surface area contributed by atoms with Crippen LogP contribution < -0.4 is 0 Å². The number of aryl methyl sites for hydroxylation is 2. The van der Waals surface area contributed by atoms with Gasteiger partial charge in [0.1, 0.15) is 0 Å². The first-order valence-electron chi connectivity index (χ1n) is 9.19. The maximum absolute atomic E-state index is 13.3. The topological polar surface area (TPSA) is 59.9 Å². The number of fused-ring (bicyclic) bond motifs is 1. The standard InChI is InChI=1S/C21H19ClN2O2S2/c1-11-10-12(2)24-21(23-11)28-17-5-3-4-15(25)18(17)20(26)14-6-7-16-13(19(14)22)8-9-27-16/h6-7,10H,3-5,8-9H2,1-2H3. The molecule has 0 atom stereocenters. The zero-order valence-electron chi connectivity index (χ0n) is 15.7. The molecule has 7 heteroatoms. The molecule has 1 aromatic heterocycles. The Hall–Kier alpha value is -1.63. The summed E-state index contributed by atoms with van der Waals surface area (Å²) in [6, 6.07) is 5.60. The van der Waals surface area contributed by atoms with Crippen LogP contribution in [0.5, 0.6) is 0 Å². The summed E-state index contributed by atoms with van der Waals surface area (Å²) in [6.07, 6.45) is 2.64. The van der Waals surface area contributed by atoms with E-state index < -0.39 is 0 Å². The fraction of sp³-hybridized carbons (Fsp3) is 0.333. The van der Waals surface area contributed by atoms with Gasteiger partial charge in [-0.15, -0.1) is 11.8 Å². The normalized spacial score (nSPS) is 16.5. The van der Waals surface area contributed by atoms with Crippen LogP contribution in [0.25, 0.3) is 0 Å². The second-order valence-electron chi connectivity index (χ2n) is 6.94. The molecular weight excluding hydrogens is 412 g/mol. The highest BCUT2D eigenvalue weighted by Crippen LogP contribution is 2.40. The highest BCUT2D eigenvalue weighted by Gasteiger charge is 2.31. The molecule has 1 aliphatic heterocycles. The molecule has 1 aliphatic carbocycles. The third kappa shape index (κ3) is 3.78. The van der Waals surface area contributed by atoms with Crippen molar-refractivity contribution in [2.45, 2.75) is 49.6 Å². The molecule has 4 rings (SSSR count). The molecule has 0 unspecified atom stereocenters. The molecule has 0 saturated carbocycles. The molecule has 0 fully saturated rings. The Balaban J connectivity index is 1.75. The lowest BCUT2D eigenvalue weighted by Gasteiger charge is -2.18. The number of benzene rings is 1. The largest absolute Gasteiger partial charge is 0.294 e. The lowest BCUT2D eigenvalue weighted by atomic mass is 9.91. The number of rotatable bonds is 4. The van der Waals surface area contributed by atoms with Gasteiger partial charge in [-0.05, 0) is 56.9 Å². The summed E-state index contributed by atoms with van der Waals surface area (Å²) in [5.41, 5.74) is 3.43. The van der Waals surface area contributed by atoms with Crippen molar-refractivity contribution in [3.8, 4) is 0 Å². The Labute approximate surface area is 177 Å². The van der Waals surface area contributed by atoms with Crippen molar-refractivity contribution >= 4 is 46.7 Å². The molecule has 144 valence electrons. The van der Waals surface area contributed by atoms with Gasteiger partial charge in [-0.25, -0.2) is 9.97 Å². The number of thioether (sulfide) groups is 2. The molecule has 0 saturated heterocycles. The smallest absolute Gasteiger partial charge is 0.198 e. The van der Waals surface area contributed by atoms with Crippen molar-refractivity contribution in [1.82, 2.24) is 9.97 Å². The van der Waals surface area contributed by atoms with Crippen LogP contribution in [-0.2, 0) is 11.2 Å². The minimum absolute atomic E-state index is 0.117. The summed E-state index contributed by atoms with van der Waals surface area (Å²) in [7, 11) is 0. The lowest BCUT2D eigenvalue weighted by molar-refractivity contribution is -0.115. The van der Waals surface area contributed by atoms with Crippen LogP contribution in [0.15, 0.2) is 38.7 Å². The maximum Gasteiger partial charge on any atom is 0.198 e. The molecular formula is C21H19ClN2O2S2. The minimum atomic E-state index is -0.277. The number of hydrogen-bond acceptors (Lipinski definition) is 6. The molecule has 2 heterocycles. The fourth-order valence-electron chi connectivity index (χ4n) is 3.56. The van der Waals surface area contributed by atoms with E-state index in [1.165, 1.54) is 11.8 Å². The Morgan fingerprint density at radius 1 is 1.14 bits per heavy atom. The number of carbonyl (C=O) groups is 2. The third-order valence-electron chi connectivity index (χ3n) is 4.82. The summed E-state index contributed by atoms with van der Waals surface area (Å²) in [5, 5.41) is 1.06. The van der Waals surface area contributed by atoms with E-state index in [4.69, 9.17) is 11.6 Å². The highest BCUT2D eigenvalue weighted by atomic mass is 35.5. The first-order chi connectivity index (χ1) is 13.4. The highest BCUT2D eigenvalue weighted by molar-refractivity contribution is 8.03. The van der Waals surface area contributed by atoms with Gasteiger partial charge < -0.3 is 0 Å². The first kappa shape index (κ1) is 19.7. The van der Waals surface area contributed by atoms with E-state index in [9.17, 15) is 9.59 Å². The number of ketones is 2. The van der Waals surface area contributed by atoms with Gasteiger partial charge in [-0.3, -0.25) is 9.59 Å². The van der Waals surface area contributed by atoms with Crippen LogP contribution >= 0.6 is 35.1 Å². The fourth-order valence-corrected chi connectivity index (χ4v) is 6.19. The quantitative estimate of drug-likeness (QED) is 0.369. The second-order valence-corrected chi connectivity index (χ2v) is 9.52. The van der Waals surface area contributed by atoms with Gasteiger partial charge in [-0.2, -0.15) is 0 Å². The van der Waals surface area contributed by atoms with Crippen LogP contribution in [-0.4, -0.2) is 27.3 Å². The first-order valence-corrected chi connectivity index (χ1v) is 11.4. The van der Waals surface area contributed by atoms with Gasteiger partial charge in [0.05, 0.1) is 10.6 Å². The average molecular weight is 431 g/mol. The van der Waals surface area contributed by atoms with E-state index in [1.54, 1.807) is 17.8 Å². The minimum Gasteiger partial charge on any atom is -0.294 e. The monoisotopic (exact) mass is 430 g/mol. The zero-order valence-corrected chi connectivity index (χ0v) is 18.1. The van der Waals surface area contributed by atoms with Crippen molar-refractivity contribution in [3.63, 3.8) is 0 Å². The summed E-state index contributed by atoms with van der Waals surface area (Å²) in [6.45, 7) is 3.82. The molecule has 2 aromatic rings. The van der Waals surface area contributed by atoms with Crippen LogP contribution in [0.2, 0.25) is 5.02 Å². The molecule has 1 aromatic carbocycles. The number of nitrogens with zero attached hydrogens (tertiary/aromatic N) is 2. The number of carbonyl (C=O) groups excluding carboxylic acids is 2. The number of allylic oxidation sites excluding steroid dienone is 2. The summed E-state index contributed by atoms with van der Waals surface area (Å²) < 4.78 is 0. The van der Waals surface area contributed by atoms with Gasteiger partial charge in [0, 0.05) is 38.9 Å². The predicted octanol–water partition coefficient (Wildman–Crippen LogP) is 5.38. The van der Waals surface area contributed by atoms with Gasteiger partial charge >= 0.3 is 0 Å². The predicted molar refractivity (Wildman–Crippen MR) is 113 cm³/mol. The summed E-state index contributed by atoms with van der Waals surface area (Å²) in [5.74, 6) is 0.578. The number of aromatic nitrogens is 2. The molecule has 0 amide bonds. The van der Waals surface area contributed by atoms with Crippen molar-refractivity contribution in [1.29, 1.82) is 0 Å². The van der Waals surface area contributed by atoms with Crippen LogP contribution in [0.4, 0.5) is 0 Å². The summed E-state index contributed by atoms with van der Waals surface area (Å²) >= 11 is 9.64. The van der Waals surface area contributed by atoms with E-state index >= 15 is 0 Å². The molecule has 0 N–H and O–H groups in total. The van der Waals surface area contributed by atoms with Gasteiger partial charge in [0.25, 0.3) is 0 Å². The van der Waals surface area contributed by atoms with E-state index in [0.29, 0.717) is 28.6 Å². The van der Waals surface area contributed by atoms with Crippen LogP contribution in [0.3, 0.4) is 0 Å². The SMILES string of the molecule is Cc1cc(C)nc(SC2=C(C(=O)c3ccc4c(c3Cl)CCS4)C(=O)CCC2)n1. The van der Waals surface area contributed by atoms with Crippen molar-refractivity contribution in [2.75, 3.05) is 5.75 Å². The Morgan fingerprint density at radius 2 is 1.89 bits per heavy atom. The van der Waals surface area contributed by atoms with Gasteiger partial charge in [0.15, 0.2) is 16.7 Å². The molecule has 2 aliphatic rings. The molecule has 0 bridgehead atoms. The molecule has 0 spiro atoms. The maximum atomic E-state index is 13.3. The number of hydrogen-bond donors (Lipinski definition) is 0. The average Bonchev–Trinajstić information content (AvgIpc) is 3.10. The van der Waals surface area contributed by atoms with Crippen molar-refractivity contribution < 1.29 is 9.59 Å². The lowest BCUT2D eigenvalue weighted by Crippen LogP contribution is -2.19. The van der Waals surface area contributed by atoms with E-state index in [0.717, 1.165) is 45.3 Å². The van der Waals surface area contributed by atoms with Crippen molar-refractivity contribution in [2.24, 2.45) is 0 Å². The molecule has 4 nitrogen and oxygen atoms in total. The zero-order chi connectivity index (χ0) is 19.8. The number of halogens is 1. The van der Waals surface area contributed by atoms with Crippen LogP contribution in [0, 0.1) is 13.8 Å². The second kappa shape index (κ2) is 8.01. The Morgan fingerprint density at radius 3 is 2.64 bits per heavy atom. The Kier molecular flexibility index (Phi) is 5.63. The van der Waals surface area contributed by atoms with Gasteiger partial charge in [0.2, 0.25) is 0 Å². The van der Waals surface area contributed by atoms with E-state index in [1.807, 2.05) is 26.0 Å². The Bertz CT molecular complexity index is 1010. The van der Waals surface area contributed by atoms with E-state index in [-0.39, 0.29) is 17.1 Å².